The lowest BCUT2D eigenvalue weighted by Crippen LogP contribution is -2.30. The van der Waals surface area contributed by atoms with Crippen LogP contribution in [0.2, 0.25) is 0 Å². The number of hydrogen-bond donors (Lipinski definition) is 2. The maximum Gasteiger partial charge on any atom is 0.335 e. The van der Waals surface area contributed by atoms with Gasteiger partial charge < -0.3 is 15.3 Å². The van der Waals surface area contributed by atoms with Crippen molar-refractivity contribution in [3.63, 3.8) is 0 Å². The number of nitrogens with zero attached hydrogens (tertiary/aromatic N) is 2. The van der Waals surface area contributed by atoms with Gasteiger partial charge in [0.2, 0.25) is 0 Å². The Labute approximate surface area is 142 Å². The van der Waals surface area contributed by atoms with Gasteiger partial charge in [0, 0.05) is 32.4 Å². The van der Waals surface area contributed by atoms with Crippen LogP contribution in [0.3, 0.4) is 0 Å². The van der Waals surface area contributed by atoms with Gasteiger partial charge in [0.25, 0.3) is 0 Å². The Morgan fingerprint density at radius 3 is 2.58 bits per heavy atom. The smallest absolute Gasteiger partial charge is 0.335 e. The fourth-order valence-corrected chi connectivity index (χ4v) is 3.00. The number of carbonyl (C=O) groups is 1. The normalized spacial score (nSPS) is 14.6. The van der Waals surface area contributed by atoms with Gasteiger partial charge >= 0.3 is 5.97 Å². The molecular weight excluding hydrogens is 302 g/mol. The molecule has 1 aliphatic rings. The zero-order valence-electron chi connectivity index (χ0n) is 13.7. The van der Waals surface area contributed by atoms with E-state index < -0.39 is 5.97 Å². The van der Waals surface area contributed by atoms with E-state index in [9.17, 15) is 4.79 Å². The van der Waals surface area contributed by atoms with Crippen LogP contribution in [0, 0.1) is 0 Å². The third-order valence-electron chi connectivity index (χ3n) is 4.32. The molecule has 2 aromatic rings. The first-order chi connectivity index (χ1) is 11.7. The number of anilines is 1. The molecule has 126 valence electrons. The minimum atomic E-state index is -0.894. The minimum absolute atomic E-state index is 0.321. The lowest BCUT2D eigenvalue weighted by Gasteiger charge is -2.27. The molecule has 0 aliphatic carbocycles. The molecule has 5 nitrogen and oxygen atoms in total. The Bertz CT molecular complexity index is 679. The first-order valence-electron chi connectivity index (χ1n) is 8.45. The second-order valence-corrected chi connectivity index (χ2v) is 6.18. The molecule has 0 spiro atoms. The fraction of sp³-hybridized carbons (Fsp3) is 0.368. The van der Waals surface area contributed by atoms with Crippen LogP contribution in [0.15, 0.2) is 42.6 Å². The van der Waals surface area contributed by atoms with Gasteiger partial charge in [-0.3, -0.25) is 0 Å². The highest BCUT2D eigenvalue weighted by Crippen LogP contribution is 2.17. The predicted octanol–water partition coefficient (Wildman–Crippen LogP) is 3.06. The Morgan fingerprint density at radius 1 is 1.08 bits per heavy atom. The first-order valence-corrected chi connectivity index (χ1v) is 8.45. The largest absolute Gasteiger partial charge is 0.478 e. The summed E-state index contributed by atoms with van der Waals surface area (Å²) in [5, 5.41) is 12.4. The number of carboxylic acid groups (broad SMARTS) is 1. The Hall–Kier alpha value is -2.40. The van der Waals surface area contributed by atoms with Gasteiger partial charge in [-0.1, -0.05) is 18.2 Å². The third kappa shape index (κ3) is 4.32. The maximum atomic E-state index is 11.0. The van der Waals surface area contributed by atoms with Crippen molar-refractivity contribution in [3.05, 3.63) is 59.3 Å². The number of piperidine rings is 1. The van der Waals surface area contributed by atoms with Crippen LogP contribution in [0.5, 0.6) is 0 Å². The van der Waals surface area contributed by atoms with Crippen LogP contribution in [0.4, 0.5) is 5.82 Å². The number of carboxylic acids is 1. The molecule has 0 unspecified atom stereocenters. The monoisotopic (exact) mass is 325 g/mol. The van der Waals surface area contributed by atoms with Crippen LogP contribution >= 0.6 is 0 Å². The molecule has 1 aromatic carbocycles. The molecule has 0 bridgehead atoms. The van der Waals surface area contributed by atoms with Crippen molar-refractivity contribution in [3.8, 4) is 0 Å². The molecule has 0 radical (unpaired) electrons. The van der Waals surface area contributed by atoms with Crippen LogP contribution in [-0.2, 0) is 13.1 Å². The lowest BCUT2D eigenvalue weighted by molar-refractivity contribution is 0.0696. The molecule has 5 heteroatoms. The molecule has 1 fully saturated rings. The summed E-state index contributed by atoms with van der Waals surface area (Å²) in [4.78, 5) is 17.9. The van der Waals surface area contributed by atoms with Gasteiger partial charge in [-0.15, -0.1) is 0 Å². The first kappa shape index (κ1) is 16.5. The van der Waals surface area contributed by atoms with E-state index in [1.165, 1.54) is 19.3 Å². The van der Waals surface area contributed by atoms with E-state index >= 15 is 0 Å². The minimum Gasteiger partial charge on any atom is -0.478 e. The van der Waals surface area contributed by atoms with Gasteiger partial charge in [-0.2, -0.15) is 0 Å². The van der Waals surface area contributed by atoms with Crippen LogP contribution in [0.25, 0.3) is 0 Å². The zero-order chi connectivity index (χ0) is 16.8. The molecule has 0 atom stereocenters. The van der Waals surface area contributed by atoms with Crippen LogP contribution in [-0.4, -0.2) is 29.1 Å². The topological polar surface area (TPSA) is 65.5 Å². The highest BCUT2D eigenvalue weighted by Gasteiger charge is 2.11. The van der Waals surface area contributed by atoms with Crippen molar-refractivity contribution in [2.24, 2.45) is 0 Å². The van der Waals surface area contributed by atoms with Gasteiger partial charge in [0.15, 0.2) is 0 Å². The SMILES string of the molecule is O=C(O)c1cccc(CNCc2ccc(N3CCCCC3)nc2)c1. The maximum absolute atomic E-state index is 11.0. The molecule has 0 amide bonds. The molecule has 2 N–H and O–H groups in total. The number of pyridine rings is 1. The van der Waals surface area contributed by atoms with Gasteiger partial charge in [-0.05, 0) is 48.6 Å². The molecule has 0 saturated carbocycles. The van der Waals surface area contributed by atoms with E-state index in [4.69, 9.17) is 5.11 Å². The van der Waals surface area contributed by atoms with Crippen molar-refractivity contribution in [2.75, 3.05) is 18.0 Å². The average Bonchev–Trinajstić information content (AvgIpc) is 2.63. The number of aromatic nitrogens is 1. The number of aromatic carboxylic acids is 1. The summed E-state index contributed by atoms with van der Waals surface area (Å²) >= 11 is 0. The molecule has 1 aliphatic heterocycles. The summed E-state index contributed by atoms with van der Waals surface area (Å²) < 4.78 is 0. The van der Waals surface area contributed by atoms with E-state index in [0.717, 1.165) is 30.0 Å². The number of hydrogen-bond acceptors (Lipinski definition) is 4. The molecule has 2 heterocycles. The predicted molar refractivity (Wildman–Crippen MR) is 94.2 cm³/mol. The van der Waals surface area contributed by atoms with Crippen molar-refractivity contribution >= 4 is 11.8 Å². The van der Waals surface area contributed by atoms with Crippen molar-refractivity contribution in [1.82, 2.24) is 10.3 Å². The Balaban J connectivity index is 1.51. The second-order valence-electron chi connectivity index (χ2n) is 6.18. The van der Waals surface area contributed by atoms with Gasteiger partial charge in [-0.25, -0.2) is 9.78 Å². The van der Waals surface area contributed by atoms with Crippen molar-refractivity contribution in [2.45, 2.75) is 32.4 Å². The summed E-state index contributed by atoms with van der Waals surface area (Å²) in [6.45, 7) is 3.55. The zero-order valence-corrected chi connectivity index (χ0v) is 13.7. The summed E-state index contributed by atoms with van der Waals surface area (Å²) in [5.74, 6) is 0.168. The van der Waals surface area contributed by atoms with Crippen LogP contribution < -0.4 is 10.2 Å². The molecule has 1 aromatic heterocycles. The summed E-state index contributed by atoms with van der Waals surface area (Å²) in [6.07, 6.45) is 5.74. The van der Waals surface area contributed by atoms with E-state index in [2.05, 4.69) is 27.3 Å². The van der Waals surface area contributed by atoms with Crippen molar-refractivity contribution < 1.29 is 9.90 Å². The molecule has 1 saturated heterocycles. The average molecular weight is 325 g/mol. The highest BCUT2D eigenvalue weighted by molar-refractivity contribution is 5.87. The Kier molecular flexibility index (Phi) is 5.43. The fourth-order valence-electron chi connectivity index (χ4n) is 3.00. The second kappa shape index (κ2) is 7.93. The Morgan fingerprint density at radius 2 is 1.88 bits per heavy atom. The molecule has 24 heavy (non-hydrogen) atoms. The quantitative estimate of drug-likeness (QED) is 0.854. The summed E-state index contributed by atoms with van der Waals surface area (Å²) in [6, 6.07) is 11.2. The van der Waals surface area contributed by atoms with Gasteiger partial charge in [0.1, 0.15) is 5.82 Å². The lowest BCUT2D eigenvalue weighted by atomic mass is 10.1. The summed E-state index contributed by atoms with van der Waals surface area (Å²) in [5.41, 5.74) is 2.42. The van der Waals surface area contributed by atoms with E-state index in [-0.39, 0.29) is 0 Å². The number of benzene rings is 1. The standard InChI is InChI=1S/C19H23N3O2/c23-19(24)17-6-4-5-15(11-17)12-20-13-16-7-8-18(21-14-16)22-9-2-1-3-10-22/h4-8,11,14,20H,1-3,9-10,12-13H2,(H,23,24). The highest BCUT2D eigenvalue weighted by atomic mass is 16.4. The van der Waals surface area contributed by atoms with E-state index in [0.29, 0.717) is 18.7 Å². The van der Waals surface area contributed by atoms with E-state index in [1.807, 2.05) is 12.3 Å². The molecular formula is C19H23N3O2. The number of nitrogens with one attached hydrogen (secondary N) is 1. The number of rotatable bonds is 6. The third-order valence-corrected chi connectivity index (χ3v) is 4.32. The van der Waals surface area contributed by atoms with Gasteiger partial charge in [0.05, 0.1) is 5.56 Å². The van der Waals surface area contributed by atoms with Crippen molar-refractivity contribution in [1.29, 1.82) is 0 Å². The van der Waals surface area contributed by atoms with Crippen LogP contribution in [0.1, 0.15) is 40.7 Å². The molecule has 3 rings (SSSR count). The summed E-state index contributed by atoms with van der Waals surface area (Å²) in [7, 11) is 0. The van der Waals surface area contributed by atoms with E-state index in [1.54, 1.807) is 18.2 Å².